The van der Waals surface area contributed by atoms with Gasteiger partial charge in [-0.1, -0.05) is 0 Å². The third-order valence-corrected chi connectivity index (χ3v) is 3.50. The topological polar surface area (TPSA) is 60.5 Å². The number of aryl methyl sites for hydroxylation is 1. The Balaban J connectivity index is 1.91. The summed E-state index contributed by atoms with van der Waals surface area (Å²) in [5, 5.41) is 2.79. The minimum absolute atomic E-state index is 0.127. The predicted molar refractivity (Wildman–Crippen MR) is 78.6 cm³/mol. The molecule has 0 bridgehead atoms. The fourth-order valence-electron chi connectivity index (χ4n) is 1.52. The molecule has 0 aliphatic carbocycles. The van der Waals surface area contributed by atoms with Gasteiger partial charge in [-0.15, -0.1) is 11.3 Å². The van der Waals surface area contributed by atoms with Crippen molar-refractivity contribution in [3.8, 4) is 5.88 Å². The van der Waals surface area contributed by atoms with Crippen molar-refractivity contribution in [1.82, 2.24) is 4.98 Å². The highest BCUT2D eigenvalue weighted by Gasteiger charge is 2.08. The van der Waals surface area contributed by atoms with Crippen molar-refractivity contribution in [2.45, 2.75) is 6.92 Å². The van der Waals surface area contributed by atoms with Crippen molar-refractivity contribution in [3.05, 3.63) is 40.2 Å². The quantitative estimate of drug-likeness (QED) is 0.832. The standard InChI is InChI=1S/C14H16N2O3S/c1-10-3-5-12(20-10)14(17)16-11-4-6-13(15-9-11)19-8-7-18-2/h3-6,9H,7-8H2,1-2H3,(H,16,17). The molecule has 2 aromatic rings. The smallest absolute Gasteiger partial charge is 0.265 e. The maximum atomic E-state index is 11.9. The highest BCUT2D eigenvalue weighted by molar-refractivity contribution is 7.14. The number of aromatic nitrogens is 1. The normalized spacial score (nSPS) is 10.3. The SMILES string of the molecule is COCCOc1ccc(NC(=O)c2ccc(C)s2)cn1. The number of ether oxygens (including phenoxy) is 2. The second kappa shape index (κ2) is 7.02. The molecule has 0 atom stereocenters. The molecule has 106 valence electrons. The van der Waals surface area contributed by atoms with Gasteiger partial charge < -0.3 is 14.8 Å². The van der Waals surface area contributed by atoms with E-state index in [4.69, 9.17) is 9.47 Å². The van der Waals surface area contributed by atoms with Gasteiger partial charge in [0.15, 0.2) is 0 Å². The molecule has 6 heteroatoms. The Bertz CT molecular complexity index is 566. The highest BCUT2D eigenvalue weighted by Crippen LogP contribution is 2.18. The zero-order valence-electron chi connectivity index (χ0n) is 11.4. The van der Waals surface area contributed by atoms with Crippen LogP contribution in [-0.4, -0.2) is 31.2 Å². The number of rotatable bonds is 6. The molecule has 5 nitrogen and oxygen atoms in total. The van der Waals surface area contributed by atoms with E-state index in [0.29, 0.717) is 29.7 Å². The van der Waals surface area contributed by atoms with E-state index in [1.54, 1.807) is 25.4 Å². The van der Waals surface area contributed by atoms with E-state index in [-0.39, 0.29) is 5.91 Å². The van der Waals surface area contributed by atoms with Crippen LogP contribution in [0.1, 0.15) is 14.5 Å². The monoisotopic (exact) mass is 292 g/mol. The summed E-state index contributed by atoms with van der Waals surface area (Å²) in [6.45, 7) is 2.93. The lowest BCUT2D eigenvalue weighted by molar-refractivity contribution is 0.103. The van der Waals surface area contributed by atoms with E-state index >= 15 is 0 Å². The van der Waals surface area contributed by atoms with E-state index in [0.717, 1.165) is 4.88 Å². The average molecular weight is 292 g/mol. The van der Waals surface area contributed by atoms with E-state index in [1.165, 1.54) is 11.3 Å². The van der Waals surface area contributed by atoms with Crippen LogP contribution in [0.3, 0.4) is 0 Å². The van der Waals surface area contributed by atoms with Crippen LogP contribution in [0.15, 0.2) is 30.5 Å². The second-order valence-corrected chi connectivity index (χ2v) is 5.38. The number of carbonyl (C=O) groups is 1. The lowest BCUT2D eigenvalue weighted by Crippen LogP contribution is -2.10. The number of nitrogens with zero attached hydrogens (tertiary/aromatic N) is 1. The number of amides is 1. The van der Waals surface area contributed by atoms with Crippen LogP contribution in [0.2, 0.25) is 0 Å². The Kier molecular flexibility index (Phi) is 5.09. The Hall–Kier alpha value is -1.92. The Morgan fingerprint density at radius 2 is 2.15 bits per heavy atom. The summed E-state index contributed by atoms with van der Waals surface area (Å²) in [6, 6.07) is 7.20. The Morgan fingerprint density at radius 3 is 2.75 bits per heavy atom. The number of nitrogens with one attached hydrogen (secondary N) is 1. The van der Waals surface area contributed by atoms with Crippen molar-refractivity contribution in [3.63, 3.8) is 0 Å². The predicted octanol–water partition coefficient (Wildman–Crippen LogP) is 2.73. The summed E-state index contributed by atoms with van der Waals surface area (Å²) in [7, 11) is 1.61. The highest BCUT2D eigenvalue weighted by atomic mass is 32.1. The third kappa shape index (κ3) is 4.04. The molecular formula is C14H16N2O3S. The first-order valence-corrected chi connectivity index (χ1v) is 6.96. The van der Waals surface area contributed by atoms with Gasteiger partial charge in [0.1, 0.15) is 6.61 Å². The van der Waals surface area contributed by atoms with Crippen molar-refractivity contribution < 1.29 is 14.3 Å². The fourth-order valence-corrected chi connectivity index (χ4v) is 2.28. The lowest BCUT2D eigenvalue weighted by atomic mass is 10.3. The molecule has 0 aliphatic rings. The van der Waals surface area contributed by atoms with Crippen LogP contribution in [0.25, 0.3) is 0 Å². The molecule has 0 fully saturated rings. The van der Waals surface area contributed by atoms with E-state index < -0.39 is 0 Å². The number of anilines is 1. The van der Waals surface area contributed by atoms with Crippen LogP contribution >= 0.6 is 11.3 Å². The van der Waals surface area contributed by atoms with Crippen molar-refractivity contribution >= 4 is 22.9 Å². The molecule has 2 aromatic heterocycles. The molecular weight excluding hydrogens is 276 g/mol. The molecule has 0 saturated heterocycles. The molecule has 0 aromatic carbocycles. The van der Waals surface area contributed by atoms with Gasteiger partial charge in [-0.2, -0.15) is 0 Å². The van der Waals surface area contributed by atoms with Crippen LogP contribution in [0.4, 0.5) is 5.69 Å². The molecule has 0 spiro atoms. The van der Waals surface area contributed by atoms with Gasteiger partial charge >= 0.3 is 0 Å². The van der Waals surface area contributed by atoms with Crippen molar-refractivity contribution in [2.24, 2.45) is 0 Å². The zero-order chi connectivity index (χ0) is 14.4. The number of pyridine rings is 1. The number of hydrogen-bond acceptors (Lipinski definition) is 5. The van der Waals surface area contributed by atoms with Gasteiger partial charge in [0, 0.05) is 18.1 Å². The van der Waals surface area contributed by atoms with Crippen LogP contribution in [0, 0.1) is 6.92 Å². The van der Waals surface area contributed by atoms with Crippen molar-refractivity contribution in [1.29, 1.82) is 0 Å². The number of carbonyl (C=O) groups excluding carboxylic acids is 1. The van der Waals surface area contributed by atoms with Crippen molar-refractivity contribution in [2.75, 3.05) is 25.6 Å². The first-order chi connectivity index (χ1) is 9.69. The first-order valence-electron chi connectivity index (χ1n) is 6.14. The zero-order valence-corrected chi connectivity index (χ0v) is 12.2. The molecule has 0 aliphatic heterocycles. The van der Waals surface area contributed by atoms with Gasteiger partial charge in [-0.3, -0.25) is 4.79 Å². The molecule has 0 radical (unpaired) electrons. The lowest BCUT2D eigenvalue weighted by Gasteiger charge is -2.06. The average Bonchev–Trinajstić information content (AvgIpc) is 2.88. The van der Waals surface area contributed by atoms with Gasteiger partial charge in [0.25, 0.3) is 5.91 Å². The van der Waals surface area contributed by atoms with Gasteiger partial charge in [0.05, 0.1) is 23.4 Å². The maximum Gasteiger partial charge on any atom is 0.265 e. The number of hydrogen-bond donors (Lipinski definition) is 1. The maximum absolute atomic E-state index is 11.9. The molecule has 2 rings (SSSR count). The molecule has 1 N–H and O–H groups in total. The van der Waals surface area contributed by atoms with Gasteiger partial charge in [-0.25, -0.2) is 4.98 Å². The molecule has 0 unspecified atom stereocenters. The molecule has 2 heterocycles. The Morgan fingerprint density at radius 1 is 1.30 bits per heavy atom. The van der Waals surface area contributed by atoms with E-state index in [9.17, 15) is 4.79 Å². The summed E-state index contributed by atoms with van der Waals surface area (Å²) in [6.07, 6.45) is 1.57. The minimum Gasteiger partial charge on any atom is -0.475 e. The first kappa shape index (κ1) is 14.5. The summed E-state index contributed by atoms with van der Waals surface area (Å²) < 4.78 is 10.2. The number of thiophene rings is 1. The number of methoxy groups -OCH3 is 1. The second-order valence-electron chi connectivity index (χ2n) is 4.09. The third-order valence-electron chi connectivity index (χ3n) is 2.50. The van der Waals surface area contributed by atoms with E-state index in [2.05, 4.69) is 10.3 Å². The molecule has 20 heavy (non-hydrogen) atoms. The fraction of sp³-hybridized carbons (Fsp3) is 0.286. The van der Waals surface area contributed by atoms with Crippen LogP contribution < -0.4 is 10.1 Å². The summed E-state index contributed by atoms with van der Waals surface area (Å²) in [5.41, 5.74) is 0.639. The summed E-state index contributed by atoms with van der Waals surface area (Å²) in [5.74, 6) is 0.380. The largest absolute Gasteiger partial charge is 0.475 e. The minimum atomic E-state index is -0.127. The van der Waals surface area contributed by atoms with Crippen LogP contribution in [0.5, 0.6) is 5.88 Å². The summed E-state index contributed by atoms with van der Waals surface area (Å²) in [4.78, 5) is 17.9. The van der Waals surface area contributed by atoms with Gasteiger partial charge in [-0.05, 0) is 25.1 Å². The van der Waals surface area contributed by atoms with Crippen LogP contribution in [-0.2, 0) is 4.74 Å². The Labute approximate surface area is 121 Å². The molecule has 0 saturated carbocycles. The summed E-state index contributed by atoms with van der Waals surface area (Å²) >= 11 is 1.46. The van der Waals surface area contributed by atoms with Gasteiger partial charge in [0.2, 0.25) is 5.88 Å². The van der Waals surface area contributed by atoms with E-state index in [1.807, 2.05) is 19.1 Å². The molecule has 1 amide bonds.